The summed E-state index contributed by atoms with van der Waals surface area (Å²) >= 11 is 0. The molecular formula is C14H22O2. The van der Waals surface area contributed by atoms with Crippen molar-refractivity contribution in [3.05, 3.63) is 24.3 Å². The maximum absolute atomic E-state index is 10.9. The van der Waals surface area contributed by atoms with Gasteiger partial charge in [0.25, 0.3) is 0 Å². The van der Waals surface area contributed by atoms with E-state index in [4.69, 9.17) is 5.11 Å². The van der Waals surface area contributed by atoms with Crippen molar-refractivity contribution in [3.63, 3.8) is 0 Å². The number of carbonyl (C=O) groups is 1. The van der Waals surface area contributed by atoms with Crippen LogP contribution in [0.1, 0.15) is 33.6 Å². The van der Waals surface area contributed by atoms with Crippen LogP contribution in [0, 0.1) is 23.7 Å². The van der Waals surface area contributed by atoms with Crippen LogP contribution in [0.4, 0.5) is 0 Å². The fourth-order valence-electron chi connectivity index (χ4n) is 2.64. The van der Waals surface area contributed by atoms with Gasteiger partial charge < -0.3 is 5.11 Å². The molecule has 1 aliphatic carbocycles. The van der Waals surface area contributed by atoms with E-state index >= 15 is 0 Å². The van der Waals surface area contributed by atoms with E-state index in [0.29, 0.717) is 17.8 Å². The van der Waals surface area contributed by atoms with Crippen LogP contribution >= 0.6 is 0 Å². The molecule has 0 fully saturated rings. The number of hydrogen-bond donors (Lipinski definition) is 1. The molecule has 0 radical (unpaired) electrons. The summed E-state index contributed by atoms with van der Waals surface area (Å²) < 4.78 is 0. The minimum atomic E-state index is -0.676. The lowest BCUT2D eigenvalue weighted by atomic mass is 9.69. The summed E-state index contributed by atoms with van der Waals surface area (Å²) in [5, 5.41) is 8.97. The lowest BCUT2D eigenvalue weighted by Gasteiger charge is -2.36. The van der Waals surface area contributed by atoms with Crippen molar-refractivity contribution < 1.29 is 9.90 Å². The van der Waals surface area contributed by atoms with Crippen LogP contribution in [0.5, 0.6) is 0 Å². The topological polar surface area (TPSA) is 37.3 Å². The lowest BCUT2D eigenvalue weighted by Crippen LogP contribution is -2.30. The fourth-order valence-corrected chi connectivity index (χ4v) is 2.64. The van der Waals surface area contributed by atoms with Gasteiger partial charge >= 0.3 is 5.97 Å². The molecule has 0 amide bonds. The summed E-state index contributed by atoms with van der Waals surface area (Å²) in [6, 6.07) is 0. The van der Waals surface area contributed by atoms with Gasteiger partial charge in [0.15, 0.2) is 0 Å². The molecule has 0 saturated heterocycles. The van der Waals surface area contributed by atoms with E-state index in [-0.39, 0.29) is 12.3 Å². The Morgan fingerprint density at radius 3 is 2.31 bits per heavy atom. The average molecular weight is 222 g/mol. The van der Waals surface area contributed by atoms with Crippen LogP contribution in [0.2, 0.25) is 0 Å². The zero-order valence-electron chi connectivity index (χ0n) is 10.4. The summed E-state index contributed by atoms with van der Waals surface area (Å²) in [6.45, 7) is 6.32. The van der Waals surface area contributed by atoms with Crippen molar-refractivity contribution >= 4 is 5.97 Å². The minimum absolute atomic E-state index is 0.272. The highest BCUT2D eigenvalue weighted by atomic mass is 16.4. The van der Waals surface area contributed by atoms with Crippen molar-refractivity contribution in [2.75, 3.05) is 0 Å². The highest BCUT2D eigenvalue weighted by Crippen LogP contribution is 2.38. The van der Waals surface area contributed by atoms with Gasteiger partial charge in [-0.05, 0) is 37.0 Å². The first-order valence-electron chi connectivity index (χ1n) is 6.07. The van der Waals surface area contributed by atoms with E-state index in [1.165, 1.54) is 0 Å². The summed E-state index contributed by atoms with van der Waals surface area (Å²) in [4.78, 5) is 10.9. The third-order valence-electron chi connectivity index (χ3n) is 3.67. The predicted molar refractivity (Wildman–Crippen MR) is 66.1 cm³/mol. The molecule has 0 aromatic heterocycles. The summed E-state index contributed by atoms with van der Waals surface area (Å²) in [6.07, 6.45) is 9.89. The van der Waals surface area contributed by atoms with Gasteiger partial charge in [-0.2, -0.15) is 0 Å². The zero-order chi connectivity index (χ0) is 12.1. The Kier molecular flexibility index (Phi) is 4.78. The van der Waals surface area contributed by atoms with Crippen molar-refractivity contribution in [2.45, 2.75) is 33.6 Å². The molecule has 16 heavy (non-hydrogen) atoms. The highest BCUT2D eigenvalue weighted by Gasteiger charge is 2.32. The molecule has 0 aromatic rings. The van der Waals surface area contributed by atoms with Crippen molar-refractivity contribution in [1.29, 1.82) is 0 Å². The summed E-state index contributed by atoms with van der Waals surface area (Å²) in [5.41, 5.74) is 0. The first-order valence-corrected chi connectivity index (χ1v) is 6.07. The van der Waals surface area contributed by atoms with Gasteiger partial charge in [-0.1, -0.05) is 38.2 Å². The quantitative estimate of drug-likeness (QED) is 0.739. The van der Waals surface area contributed by atoms with Gasteiger partial charge in [-0.25, -0.2) is 0 Å². The van der Waals surface area contributed by atoms with E-state index < -0.39 is 5.97 Å². The SMILES string of the molecule is CC=CCC1C(C)C=CC(C)C1CC(=O)O. The van der Waals surface area contributed by atoms with Crippen LogP contribution in [0.25, 0.3) is 0 Å². The second-order valence-electron chi connectivity index (χ2n) is 4.83. The largest absolute Gasteiger partial charge is 0.481 e. The number of hydrogen-bond acceptors (Lipinski definition) is 1. The molecule has 1 N–H and O–H groups in total. The second kappa shape index (κ2) is 5.88. The van der Waals surface area contributed by atoms with Gasteiger partial charge in [0.05, 0.1) is 0 Å². The molecule has 0 saturated carbocycles. The molecule has 0 bridgehead atoms. The average Bonchev–Trinajstić information content (AvgIpc) is 2.22. The van der Waals surface area contributed by atoms with Gasteiger partial charge in [0, 0.05) is 6.42 Å². The molecule has 0 heterocycles. The molecule has 2 heteroatoms. The van der Waals surface area contributed by atoms with Crippen molar-refractivity contribution in [2.24, 2.45) is 23.7 Å². The van der Waals surface area contributed by atoms with Crippen LogP contribution < -0.4 is 0 Å². The molecule has 0 aliphatic heterocycles. The molecule has 0 spiro atoms. The molecule has 2 nitrogen and oxygen atoms in total. The van der Waals surface area contributed by atoms with Crippen molar-refractivity contribution in [1.82, 2.24) is 0 Å². The molecular weight excluding hydrogens is 200 g/mol. The predicted octanol–water partition coefficient (Wildman–Crippen LogP) is 3.50. The van der Waals surface area contributed by atoms with Crippen LogP contribution in [0.15, 0.2) is 24.3 Å². The normalized spacial score (nSPS) is 34.4. The first kappa shape index (κ1) is 13.0. The van der Waals surface area contributed by atoms with Gasteiger partial charge in [-0.15, -0.1) is 0 Å². The molecule has 4 unspecified atom stereocenters. The van der Waals surface area contributed by atoms with Gasteiger partial charge in [-0.3, -0.25) is 4.79 Å². The third kappa shape index (κ3) is 3.22. The number of allylic oxidation sites excluding steroid dienone is 4. The highest BCUT2D eigenvalue weighted by molar-refractivity contribution is 5.67. The molecule has 4 atom stereocenters. The smallest absolute Gasteiger partial charge is 0.303 e. The maximum Gasteiger partial charge on any atom is 0.303 e. The van der Waals surface area contributed by atoms with E-state index in [9.17, 15) is 4.79 Å². The molecule has 90 valence electrons. The van der Waals surface area contributed by atoms with Crippen LogP contribution in [0.3, 0.4) is 0 Å². The number of aliphatic carboxylic acids is 1. The Hall–Kier alpha value is -1.05. The molecule has 1 rings (SSSR count). The summed E-state index contributed by atoms with van der Waals surface area (Å²) in [5.74, 6) is 0.921. The van der Waals surface area contributed by atoms with Gasteiger partial charge in [0.2, 0.25) is 0 Å². The standard InChI is InChI=1S/C14H22O2/c1-4-5-6-12-10(2)7-8-11(3)13(12)9-14(15)16/h4-5,7-8,10-13H,6,9H2,1-3H3,(H,15,16). The van der Waals surface area contributed by atoms with E-state index in [1.54, 1.807) is 0 Å². The van der Waals surface area contributed by atoms with Gasteiger partial charge in [0.1, 0.15) is 0 Å². The van der Waals surface area contributed by atoms with Crippen molar-refractivity contribution in [3.8, 4) is 0 Å². The molecule has 0 aromatic carbocycles. The minimum Gasteiger partial charge on any atom is -0.481 e. The fraction of sp³-hybridized carbons (Fsp3) is 0.643. The van der Waals surface area contributed by atoms with E-state index in [1.807, 2.05) is 13.0 Å². The third-order valence-corrected chi connectivity index (χ3v) is 3.67. The van der Waals surface area contributed by atoms with Crippen LogP contribution in [-0.4, -0.2) is 11.1 Å². The van der Waals surface area contributed by atoms with E-state index in [0.717, 1.165) is 6.42 Å². The monoisotopic (exact) mass is 222 g/mol. The Morgan fingerprint density at radius 2 is 1.81 bits per heavy atom. The van der Waals surface area contributed by atoms with Crippen LogP contribution in [-0.2, 0) is 4.79 Å². The Morgan fingerprint density at radius 1 is 1.25 bits per heavy atom. The Labute approximate surface area is 98.1 Å². The second-order valence-corrected chi connectivity index (χ2v) is 4.83. The Bertz CT molecular complexity index is 291. The molecule has 1 aliphatic rings. The lowest BCUT2D eigenvalue weighted by molar-refractivity contribution is -0.139. The maximum atomic E-state index is 10.9. The zero-order valence-corrected chi connectivity index (χ0v) is 10.4. The number of carboxylic acid groups (broad SMARTS) is 1. The Balaban J connectivity index is 2.79. The summed E-state index contributed by atoms with van der Waals surface area (Å²) in [7, 11) is 0. The first-order chi connectivity index (χ1) is 7.56. The number of rotatable bonds is 4. The number of carboxylic acids is 1. The van der Waals surface area contributed by atoms with E-state index in [2.05, 4.69) is 32.1 Å².